The van der Waals surface area contributed by atoms with Crippen molar-refractivity contribution >= 4 is 5.91 Å². The molecule has 0 unspecified atom stereocenters. The Hall–Kier alpha value is -2.69. The van der Waals surface area contributed by atoms with Gasteiger partial charge in [0, 0.05) is 12.1 Å². The minimum absolute atomic E-state index is 0.177. The Labute approximate surface area is 135 Å². The average molecular weight is 313 g/mol. The number of aryl methyl sites for hydroxylation is 1. The van der Waals surface area contributed by atoms with Crippen LogP contribution in [-0.4, -0.2) is 26.2 Å². The van der Waals surface area contributed by atoms with Gasteiger partial charge in [-0.25, -0.2) is 0 Å². The third-order valence-electron chi connectivity index (χ3n) is 3.79. The summed E-state index contributed by atoms with van der Waals surface area (Å²) in [6.45, 7) is 3.43. The third-order valence-corrected chi connectivity index (χ3v) is 3.79. The zero-order valence-corrected chi connectivity index (χ0v) is 13.2. The maximum absolute atomic E-state index is 12.4. The van der Waals surface area contributed by atoms with Crippen LogP contribution in [0.2, 0.25) is 0 Å². The summed E-state index contributed by atoms with van der Waals surface area (Å²) in [6, 6.07) is 11.3. The van der Waals surface area contributed by atoms with Crippen molar-refractivity contribution in [2.45, 2.75) is 13.5 Å². The van der Waals surface area contributed by atoms with Crippen LogP contribution in [0.25, 0.3) is 0 Å². The standard InChI is InChI=1S/C18H19NO4/c1-12-5-3-4-6-13(12)11-19-18(20)14-9-15(21-2)17-16(10-14)22-7-8-23-17/h3-6,9-10H,7-8,11H2,1-2H3,(H,19,20). The molecule has 0 atom stereocenters. The molecular formula is C18H19NO4. The monoisotopic (exact) mass is 313 g/mol. The van der Waals surface area contributed by atoms with Crippen LogP contribution in [0.4, 0.5) is 0 Å². The molecule has 2 aromatic carbocycles. The number of methoxy groups -OCH3 is 1. The van der Waals surface area contributed by atoms with Crippen molar-refractivity contribution in [2.24, 2.45) is 0 Å². The number of benzene rings is 2. The largest absolute Gasteiger partial charge is 0.493 e. The zero-order chi connectivity index (χ0) is 16.2. The summed E-state index contributed by atoms with van der Waals surface area (Å²) in [4.78, 5) is 12.4. The summed E-state index contributed by atoms with van der Waals surface area (Å²) in [5.74, 6) is 1.41. The number of hydrogen-bond acceptors (Lipinski definition) is 4. The van der Waals surface area contributed by atoms with Gasteiger partial charge in [0.25, 0.3) is 5.91 Å². The Bertz CT molecular complexity index is 710. The van der Waals surface area contributed by atoms with Gasteiger partial charge in [0.2, 0.25) is 5.75 Å². The van der Waals surface area contributed by atoms with Crippen LogP contribution in [0.1, 0.15) is 21.5 Å². The van der Waals surface area contributed by atoms with Gasteiger partial charge in [-0.2, -0.15) is 0 Å². The molecule has 5 heteroatoms. The molecule has 1 heterocycles. The molecule has 2 aromatic rings. The van der Waals surface area contributed by atoms with E-state index in [9.17, 15) is 4.79 Å². The molecule has 3 rings (SSSR count). The van der Waals surface area contributed by atoms with Crippen LogP contribution < -0.4 is 19.5 Å². The highest BCUT2D eigenvalue weighted by molar-refractivity contribution is 5.95. The molecule has 1 amide bonds. The number of hydrogen-bond donors (Lipinski definition) is 1. The minimum atomic E-state index is -0.177. The van der Waals surface area contributed by atoms with Crippen molar-refractivity contribution in [1.82, 2.24) is 5.32 Å². The van der Waals surface area contributed by atoms with E-state index >= 15 is 0 Å². The molecule has 0 aromatic heterocycles. The van der Waals surface area contributed by atoms with Gasteiger partial charge in [0.15, 0.2) is 11.5 Å². The first-order valence-electron chi connectivity index (χ1n) is 7.49. The Morgan fingerprint density at radius 2 is 2.00 bits per heavy atom. The number of carbonyl (C=O) groups excluding carboxylic acids is 1. The number of ether oxygens (including phenoxy) is 3. The zero-order valence-electron chi connectivity index (χ0n) is 13.2. The first kappa shape index (κ1) is 15.2. The van der Waals surface area contributed by atoms with Crippen LogP contribution in [0.3, 0.4) is 0 Å². The van der Waals surface area contributed by atoms with Gasteiger partial charge in [0.05, 0.1) is 7.11 Å². The van der Waals surface area contributed by atoms with Crippen LogP contribution in [0.5, 0.6) is 17.2 Å². The molecule has 5 nitrogen and oxygen atoms in total. The molecule has 0 saturated carbocycles. The van der Waals surface area contributed by atoms with E-state index in [-0.39, 0.29) is 5.91 Å². The first-order valence-corrected chi connectivity index (χ1v) is 7.49. The summed E-state index contributed by atoms with van der Waals surface area (Å²) in [5.41, 5.74) is 2.72. The van der Waals surface area contributed by atoms with Crippen LogP contribution in [0, 0.1) is 6.92 Å². The fourth-order valence-corrected chi connectivity index (χ4v) is 2.49. The van der Waals surface area contributed by atoms with E-state index < -0.39 is 0 Å². The van der Waals surface area contributed by atoms with Gasteiger partial charge >= 0.3 is 0 Å². The molecule has 0 bridgehead atoms. The van der Waals surface area contributed by atoms with Gasteiger partial charge in [-0.1, -0.05) is 24.3 Å². The lowest BCUT2D eigenvalue weighted by molar-refractivity contribution is 0.0949. The van der Waals surface area contributed by atoms with Gasteiger partial charge in [-0.3, -0.25) is 4.79 Å². The highest BCUT2D eigenvalue weighted by Gasteiger charge is 2.20. The van der Waals surface area contributed by atoms with Gasteiger partial charge in [-0.05, 0) is 30.2 Å². The van der Waals surface area contributed by atoms with Crippen LogP contribution >= 0.6 is 0 Å². The lowest BCUT2D eigenvalue weighted by Gasteiger charge is -2.21. The SMILES string of the molecule is COc1cc(C(=O)NCc2ccccc2C)cc2c1OCCO2. The van der Waals surface area contributed by atoms with Crippen molar-refractivity contribution in [3.05, 3.63) is 53.1 Å². The van der Waals surface area contributed by atoms with Gasteiger partial charge in [0.1, 0.15) is 13.2 Å². The predicted molar refractivity (Wildman–Crippen MR) is 86.3 cm³/mol. The maximum atomic E-state index is 12.4. The van der Waals surface area contributed by atoms with E-state index in [1.54, 1.807) is 19.2 Å². The van der Waals surface area contributed by atoms with Gasteiger partial charge in [-0.15, -0.1) is 0 Å². The third kappa shape index (κ3) is 3.23. The quantitative estimate of drug-likeness (QED) is 0.943. The summed E-state index contributed by atoms with van der Waals surface area (Å²) in [7, 11) is 1.54. The van der Waals surface area contributed by atoms with Crippen molar-refractivity contribution in [3.8, 4) is 17.2 Å². The Morgan fingerprint density at radius 1 is 1.22 bits per heavy atom. The molecule has 23 heavy (non-hydrogen) atoms. The van der Waals surface area contributed by atoms with E-state index in [0.29, 0.717) is 42.6 Å². The number of fused-ring (bicyclic) bond motifs is 1. The highest BCUT2D eigenvalue weighted by Crippen LogP contribution is 2.40. The molecule has 0 radical (unpaired) electrons. The van der Waals surface area contributed by atoms with E-state index in [0.717, 1.165) is 11.1 Å². The Balaban J connectivity index is 1.78. The van der Waals surface area contributed by atoms with E-state index in [4.69, 9.17) is 14.2 Å². The molecule has 0 fully saturated rings. The van der Waals surface area contributed by atoms with Gasteiger partial charge < -0.3 is 19.5 Å². The highest BCUT2D eigenvalue weighted by atomic mass is 16.6. The van der Waals surface area contributed by atoms with Crippen molar-refractivity contribution in [1.29, 1.82) is 0 Å². The Morgan fingerprint density at radius 3 is 2.78 bits per heavy atom. The van der Waals surface area contributed by atoms with E-state index in [1.165, 1.54) is 0 Å². The smallest absolute Gasteiger partial charge is 0.251 e. The average Bonchev–Trinajstić information content (AvgIpc) is 2.59. The second-order valence-corrected chi connectivity index (χ2v) is 5.31. The van der Waals surface area contributed by atoms with Crippen molar-refractivity contribution in [3.63, 3.8) is 0 Å². The molecule has 0 aliphatic carbocycles. The number of carbonyl (C=O) groups is 1. The summed E-state index contributed by atoms with van der Waals surface area (Å²) in [6.07, 6.45) is 0. The molecule has 1 aliphatic heterocycles. The fraction of sp³-hybridized carbons (Fsp3) is 0.278. The van der Waals surface area contributed by atoms with E-state index in [1.807, 2.05) is 31.2 Å². The van der Waals surface area contributed by atoms with Crippen LogP contribution in [-0.2, 0) is 6.54 Å². The normalized spacial score (nSPS) is 12.6. The number of nitrogens with one attached hydrogen (secondary N) is 1. The lowest BCUT2D eigenvalue weighted by Crippen LogP contribution is -2.24. The Kier molecular flexibility index (Phi) is 4.37. The predicted octanol–water partition coefficient (Wildman–Crippen LogP) is 2.70. The van der Waals surface area contributed by atoms with Crippen molar-refractivity contribution < 1.29 is 19.0 Å². The molecule has 1 N–H and O–H groups in total. The second kappa shape index (κ2) is 6.60. The number of amides is 1. The molecule has 120 valence electrons. The molecule has 1 aliphatic rings. The topological polar surface area (TPSA) is 56.8 Å². The summed E-state index contributed by atoms with van der Waals surface area (Å²) >= 11 is 0. The lowest BCUT2D eigenvalue weighted by atomic mass is 10.1. The van der Waals surface area contributed by atoms with E-state index in [2.05, 4.69) is 5.32 Å². The van der Waals surface area contributed by atoms with Crippen molar-refractivity contribution in [2.75, 3.05) is 20.3 Å². The molecule has 0 saturated heterocycles. The second-order valence-electron chi connectivity index (χ2n) is 5.31. The minimum Gasteiger partial charge on any atom is -0.493 e. The molecule has 0 spiro atoms. The first-order chi connectivity index (χ1) is 11.2. The number of rotatable bonds is 4. The summed E-state index contributed by atoms with van der Waals surface area (Å²) < 4.78 is 16.4. The fourth-order valence-electron chi connectivity index (χ4n) is 2.49. The maximum Gasteiger partial charge on any atom is 0.251 e. The van der Waals surface area contributed by atoms with Crippen LogP contribution in [0.15, 0.2) is 36.4 Å². The summed E-state index contributed by atoms with van der Waals surface area (Å²) in [5, 5.41) is 2.92. The molecular weight excluding hydrogens is 294 g/mol.